The van der Waals surface area contributed by atoms with Crippen LogP contribution in [0.4, 0.5) is 18.9 Å². The Morgan fingerprint density at radius 1 is 1.33 bits per heavy atom. The molecule has 1 aromatic heterocycles. The molecular weight excluding hydrogens is 383 g/mol. The van der Waals surface area contributed by atoms with Gasteiger partial charge in [-0.1, -0.05) is 11.6 Å². The van der Waals surface area contributed by atoms with Crippen molar-refractivity contribution in [2.45, 2.75) is 19.1 Å². The molecule has 3 rings (SSSR count). The van der Waals surface area contributed by atoms with E-state index in [1.54, 1.807) is 6.07 Å². The minimum atomic E-state index is -4.64. The number of nitrogens with zero attached hydrogens (tertiary/aromatic N) is 2. The zero-order valence-corrected chi connectivity index (χ0v) is 15.4. The number of rotatable bonds is 3. The van der Waals surface area contributed by atoms with Crippen molar-refractivity contribution in [2.75, 3.05) is 26.0 Å². The first-order valence-corrected chi connectivity index (χ1v) is 8.50. The zero-order valence-electron chi connectivity index (χ0n) is 14.7. The van der Waals surface area contributed by atoms with Gasteiger partial charge in [0.15, 0.2) is 5.15 Å². The second-order valence-corrected chi connectivity index (χ2v) is 6.65. The van der Waals surface area contributed by atoms with Gasteiger partial charge in [0.05, 0.1) is 18.4 Å². The molecular formula is C18H17ClF3N3O2. The molecule has 0 saturated heterocycles. The molecule has 144 valence electrons. The Balaban J connectivity index is 1.89. The van der Waals surface area contributed by atoms with Crippen LogP contribution in [-0.2, 0) is 19.1 Å². The lowest BCUT2D eigenvalue weighted by Crippen LogP contribution is -2.27. The van der Waals surface area contributed by atoms with Gasteiger partial charge in [0, 0.05) is 30.8 Å². The van der Waals surface area contributed by atoms with Crippen molar-refractivity contribution in [3.63, 3.8) is 0 Å². The van der Waals surface area contributed by atoms with E-state index in [1.807, 2.05) is 7.05 Å². The fourth-order valence-corrected chi connectivity index (χ4v) is 3.14. The highest BCUT2D eigenvalue weighted by atomic mass is 35.5. The van der Waals surface area contributed by atoms with Gasteiger partial charge in [0.2, 0.25) is 0 Å². The van der Waals surface area contributed by atoms with Gasteiger partial charge >= 0.3 is 6.18 Å². The SMILES string of the molecule is COc1ccc(C(=O)Nc2cc3c(nc2Cl)CCN(C)C3)cc1C(F)(F)F. The molecule has 0 fully saturated rings. The summed E-state index contributed by atoms with van der Waals surface area (Å²) in [6.45, 7) is 1.51. The largest absolute Gasteiger partial charge is 0.496 e. The van der Waals surface area contributed by atoms with E-state index in [4.69, 9.17) is 16.3 Å². The monoisotopic (exact) mass is 399 g/mol. The number of alkyl halides is 3. The van der Waals surface area contributed by atoms with E-state index < -0.39 is 17.6 Å². The molecule has 0 saturated carbocycles. The average Bonchev–Trinajstić information content (AvgIpc) is 2.61. The van der Waals surface area contributed by atoms with E-state index >= 15 is 0 Å². The number of methoxy groups -OCH3 is 1. The van der Waals surface area contributed by atoms with Crippen molar-refractivity contribution < 1.29 is 22.7 Å². The summed E-state index contributed by atoms with van der Waals surface area (Å²) in [7, 11) is 3.10. The second kappa shape index (κ2) is 7.36. The second-order valence-electron chi connectivity index (χ2n) is 6.29. The molecule has 1 aliphatic rings. The van der Waals surface area contributed by atoms with Crippen LogP contribution in [0.1, 0.15) is 27.2 Å². The third-order valence-corrected chi connectivity index (χ3v) is 4.62. The number of likely N-dealkylation sites (N-methyl/N-ethyl adjacent to an activating group) is 1. The van der Waals surface area contributed by atoms with E-state index in [1.165, 1.54) is 6.07 Å². The molecule has 2 aromatic rings. The number of benzene rings is 1. The van der Waals surface area contributed by atoms with Crippen molar-refractivity contribution in [1.29, 1.82) is 0 Å². The van der Waals surface area contributed by atoms with Crippen LogP contribution < -0.4 is 10.1 Å². The van der Waals surface area contributed by atoms with Gasteiger partial charge < -0.3 is 15.0 Å². The molecule has 0 bridgehead atoms. The Kier molecular flexibility index (Phi) is 5.30. The first-order valence-electron chi connectivity index (χ1n) is 8.12. The van der Waals surface area contributed by atoms with Crippen LogP contribution in [-0.4, -0.2) is 36.5 Å². The number of nitrogens with one attached hydrogen (secondary N) is 1. The summed E-state index contributed by atoms with van der Waals surface area (Å²) >= 11 is 6.14. The van der Waals surface area contributed by atoms with Gasteiger partial charge in [-0.15, -0.1) is 0 Å². The van der Waals surface area contributed by atoms with Gasteiger partial charge in [0.1, 0.15) is 5.75 Å². The molecule has 2 heterocycles. The Morgan fingerprint density at radius 3 is 2.74 bits per heavy atom. The van der Waals surface area contributed by atoms with Crippen molar-refractivity contribution in [2.24, 2.45) is 0 Å². The number of carbonyl (C=O) groups is 1. The van der Waals surface area contributed by atoms with Gasteiger partial charge in [-0.3, -0.25) is 4.79 Å². The summed E-state index contributed by atoms with van der Waals surface area (Å²) in [6.07, 6.45) is -3.90. The van der Waals surface area contributed by atoms with Gasteiger partial charge in [0.25, 0.3) is 5.91 Å². The quantitative estimate of drug-likeness (QED) is 0.792. The molecule has 27 heavy (non-hydrogen) atoms. The molecule has 9 heteroatoms. The van der Waals surface area contributed by atoms with E-state index in [9.17, 15) is 18.0 Å². The Morgan fingerprint density at radius 2 is 2.07 bits per heavy atom. The number of hydrogen-bond donors (Lipinski definition) is 1. The van der Waals surface area contributed by atoms with Crippen LogP contribution >= 0.6 is 11.6 Å². The first-order chi connectivity index (χ1) is 12.7. The molecule has 1 aliphatic heterocycles. The van der Waals surface area contributed by atoms with Crippen LogP contribution in [0.5, 0.6) is 5.75 Å². The highest BCUT2D eigenvalue weighted by molar-refractivity contribution is 6.32. The summed E-state index contributed by atoms with van der Waals surface area (Å²) in [4.78, 5) is 18.9. The highest BCUT2D eigenvalue weighted by Gasteiger charge is 2.35. The molecule has 0 radical (unpaired) electrons. The fraction of sp³-hybridized carbons (Fsp3) is 0.333. The van der Waals surface area contributed by atoms with E-state index in [2.05, 4.69) is 15.2 Å². The summed E-state index contributed by atoms with van der Waals surface area (Å²) < 4.78 is 44.2. The number of pyridine rings is 1. The van der Waals surface area contributed by atoms with Crippen LogP contribution in [0.2, 0.25) is 5.15 Å². The van der Waals surface area contributed by atoms with Gasteiger partial charge in [-0.05, 0) is 36.9 Å². The Labute approximate surface area is 159 Å². The van der Waals surface area contributed by atoms with Crippen molar-refractivity contribution in [1.82, 2.24) is 9.88 Å². The maximum absolute atomic E-state index is 13.1. The molecule has 5 nitrogen and oxygen atoms in total. The average molecular weight is 400 g/mol. The lowest BCUT2D eigenvalue weighted by atomic mass is 10.1. The summed E-state index contributed by atoms with van der Waals surface area (Å²) in [6, 6.07) is 4.84. The van der Waals surface area contributed by atoms with Crippen LogP contribution in [0.15, 0.2) is 24.3 Å². The smallest absolute Gasteiger partial charge is 0.419 e. The van der Waals surface area contributed by atoms with Crippen LogP contribution in [0, 0.1) is 0 Å². The number of hydrogen-bond acceptors (Lipinski definition) is 4. The number of anilines is 1. The number of aromatic nitrogens is 1. The Hall–Kier alpha value is -2.32. The minimum Gasteiger partial charge on any atom is -0.496 e. The van der Waals surface area contributed by atoms with Crippen molar-refractivity contribution in [3.8, 4) is 5.75 Å². The standard InChI is InChI=1S/C18H17ClF3N3O2/c1-25-6-5-13-11(9-25)8-14(16(19)23-13)24-17(26)10-3-4-15(27-2)12(7-10)18(20,21)22/h3-4,7-8H,5-6,9H2,1-2H3,(H,24,26). The first kappa shape index (κ1) is 19.4. The fourth-order valence-electron chi connectivity index (χ4n) is 2.94. The molecule has 0 atom stereocenters. The number of ether oxygens (including phenoxy) is 1. The zero-order chi connectivity index (χ0) is 19.8. The lowest BCUT2D eigenvalue weighted by Gasteiger charge is -2.25. The summed E-state index contributed by atoms with van der Waals surface area (Å²) in [5, 5.41) is 2.66. The third kappa shape index (κ3) is 4.17. The van der Waals surface area contributed by atoms with Gasteiger partial charge in [-0.2, -0.15) is 13.2 Å². The molecule has 0 unspecified atom stereocenters. The van der Waals surface area contributed by atoms with Gasteiger partial charge in [-0.25, -0.2) is 4.98 Å². The number of halogens is 4. The van der Waals surface area contributed by atoms with Crippen molar-refractivity contribution in [3.05, 3.63) is 51.8 Å². The predicted molar refractivity (Wildman–Crippen MR) is 95.2 cm³/mol. The van der Waals surface area contributed by atoms with E-state index in [0.29, 0.717) is 6.54 Å². The number of fused-ring (bicyclic) bond motifs is 1. The molecule has 0 spiro atoms. The van der Waals surface area contributed by atoms with Crippen LogP contribution in [0.25, 0.3) is 0 Å². The minimum absolute atomic E-state index is 0.108. The molecule has 0 aliphatic carbocycles. The lowest BCUT2D eigenvalue weighted by molar-refractivity contribution is -0.138. The van der Waals surface area contributed by atoms with E-state index in [0.717, 1.165) is 43.5 Å². The van der Waals surface area contributed by atoms with E-state index in [-0.39, 0.29) is 22.2 Å². The maximum atomic E-state index is 13.1. The third-order valence-electron chi connectivity index (χ3n) is 4.33. The van der Waals surface area contributed by atoms with Crippen LogP contribution in [0.3, 0.4) is 0 Å². The molecule has 1 amide bonds. The number of carbonyl (C=O) groups excluding carboxylic acids is 1. The number of amides is 1. The molecule has 1 aromatic carbocycles. The molecule has 1 N–H and O–H groups in total. The maximum Gasteiger partial charge on any atom is 0.419 e. The summed E-state index contributed by atoms with van der Waals surface area (Å²) in [5.74, 6) is -1.06. The highest BCUT2D eigenvalue weighted by Crippen LogP contribution is 2.37. The normalized spacial score (nSPS) is 14.6. The Bertz CT molecular complexity index is 887. The summed E-state index contributed by atoms with van der Waals surface area (Å²) in [5.41, 5.74) is 0.872. The van der Waals surface area contributed by atoms with Crippen molar-refractivity contribution >= 4 is 23.2 Å². The predicted octanol–water partition coefficient (Wildman–Crippen LogP) is 4.00. The topological polar surface area (TPSA) is 54.5 Å².